The number of thiophene rings is 1. The van der Waals surface area contributed by atoms with E-state index >= 15 is 0 Å². The van der Waals surface area contributed by atoms with E-state index in [4.69, 9.17) is 14.6 Å². The summed E-state index contributed by atoms with van der Waals surface area (Å²) in [4.78, 5) is 33.4. The quantitative estimate of drug-likeness (QED) is 0.259. The number of ether oxygens (including phenoxy) is 2. The molecular formula is C31H26N4O4S2. The summed E-state index contributed by atoms with van der Waals surface area (Å²) in [7, 11) is 1.59. The molecule has 0 saturated heterocycles. The molecule has 5 aromatic rings. The normalized spacial score (nSPS) is 15.0. The van der Waals surface area contributed by atoms with Gasteiger partial charge in [0.05, 0.1) is 46.1 Å². The van der Waals surface area contributed by atoms with Crippen molar-refractivity contribution in [2.45, 2.75) is 19.9 Å². The minimum atomic E-state index is -0.692. The lowest BCUT2D eigenvalue weighted by atomic mass is 9.96. The van der Waals surface area contributed by atoms with Gasteiger partial charge >= 0.3 is 5.97 Å². The molecule has 0 spiro atoms. The summed E-state index contributed by atoms with van der Waals surface area (Å²) >= 11 is 2.88. The van der Waals surface area contributed by atoms with Crippen molar-refractivity contribution >= 4 is 34.7 Å². The highest BCUT2D eigenvalue weighted by Crippen LogP contribution is 2.32. The first-order valence-corrected chi connectivity index (χ1v) is 14.7. The molecule has 0 fully saturated rings. The lowest BCUT2D eigenvalue weighted by molar-refractivity contribution is -0.139. The number of allylic oxidation sites excluding steroid dienone is 1. The number of methoxy groups -OCH3 is 1. The van der Waals surface area contributed by atoms with E-state index in [1.54, 1.807) is 36.9 Å². The van der Waals surface area contributed by atoms with Crippen LogP contribution in [0.2, 0.25) is 0 Å². The topological polar surface area (TPSA) is 87.7 Å². The van der Waals surface area contributed by atoms with Gasteiger partial charge in [-0.05, 0) is 61.2 Å². The molecule has 3 aromatic heterocycles. The molecule has 8 nitrogen and oxygen atoms in total. The number of hydrogen-bond donors (Lipinski definition) is 0. The zero-order valence-electron chi connectivity index (χ0n) is 22.6. The van der Waals surface area contributed by atoms with Crippen LogP contribution in [0.4, 0.5) is 0 Å². The molecule has 0 amide bonds. The molecule has 6 rings (SSSR count). The molecule has 0 radical (unpaired) electrons. The molecule has 4 heterocycles. The van der Waals surface area contributed by atoms with Gasteiger partial charge in [0, 0.05) is 11.8 Å². The fraction of sp³-hybridized carbons (Fsp3) is 0.161. The molecule has 0 saturated carbocycles. The number of esters is 1. The Bertz CT molecular complexity index is 1930. The van der Waals surface area contributed by atoms with E-state index in [1.165, 1.54) is 11.3 Å². The average molecular weight is 583 g/mol. The van der Waals surface area contributed by atoms with E-state index in [1.807, 2.05) is 89.1 Å². The third-order valence-electron chi connectivity index (χ3n) is 6.75. The molecule has 1 aliphatic rings. The predicted octanol–water partition coefficient (Wildman–Crippen LogP) is 4.72. The maximum atomic E-state index is 14.1. The lowest BCUT2D eigenvalue weighted by Gasteiger charge is -2.24. The second-order valence-corrected chi connectivity index (χ2v) is 11.2. The monoisotopic (exact) mass is 582 g/mol. The van der Waals surface area contributed by atoms with Crippen molar-refractivity contribution < 1.29 is 14.3 Å². The van der Waals surface area contributed by atoms with Crippen molar-refractivity contribution in [1.82, 2.24) is 14.3 Å². The Hall–Kier alpha value is -4.54. The summed E-state index contributed by atoms with van der Waals surface area (Å²) in [6, 6.07) is 20.5. The van der Waals surface area contributed by atoms with Gasteiger partial charge < -0.3 is 9.47 Å². The summed E-state index contributed by atoms with van der Waals surface area (Å²) in [6.45, 7) is 3.75. The lowest BCUT2D eigenvalue weighted by Crippen LogP contribution is -2.39. The first-order chi connectivity index (χ1) is 20.0. The van der Waals surface area contributed by atoms with Crippen molar-refractivity contribution in [1.29, 1.82) is 0 Å². The Labute approximate surface area is 243 Å². The van der Waals surface area contributed by atoms with Crippen LogP contribution in [0.15, 0.2) is 99.4 Å². The number of carbonyl (C=O) groups is 1. The third-order valence-corrected chi connectivity index (χ3v) is 8.61. The molecule has 0 aliphatic carbocycles. The first kappa shape index (κ1) is 26.7. The maximum Gasteiger partial charge on any atom is 0.338 e. The van der Waals surface area contributed by atoms with Crippen molar-refractivity contribution in [2.24, 2.45) is 4.99 Å². The largest absolute Gasteiger partial charge is 0.497 e. The maximum absolute atomic E-state index is 14.1. The second-order valence-electron chi connectivity index (χ2n) is 9.27. The molecule has 1 atom stereocenters. The zero-order chi connectivity index (χ0) is 28.5. The molecule has 0 bridgehead atoms. The van der Waals surface area contributed by atoms with Crippen LogP contribution in [0.25, 0.3) is 22.3 Å². The summed E-state index contributed by atoms with van der Waals surface area (Å²) in [5, 5.41) is 6.87. The van der Waals surface area contributed by atoms with Crippen molar-refractivity contribution in [2.75, 3.05) is 13.7 Å². The number of thiazole rings is 1. The van der Waals surface area contributed by atoms with E-state index < -0.39 is 12.0 Å². The number of carbonyl (C=O) groups excluding carboxylic acids is 1. The SMILES string of the molecule is CCOC(=O)C1=C(C)N=c2s/c(=C/c3cn(-c4ccccc4)nc3-c3cccs3)c(=O)n2C1c1ccc(OC)cc1. The number of nitrogens with zero attached hydrogens (tertiary/aromatic N) is 4. The van der Waals surface area contributed by atoms with Gasteiger partial charge in [-0.1, -0.05) is 47.7 Å². The Morgan fingerprint density at radius 3 is 2.54 bits per heavy atom. The Kier molecular flexibility index (Phi) is 7.25. The van der Waals surface area contributed by atoms with Crippen molar-refractivity contribution in [3.8, 4) is 22.0 Å². The first-order valence-electron chi connectivity index (χ1n) is 13.0. The van der Waals surface area contributed by atoms with Crippen molar-refractivity contribution in [3.05, 3.63) is 120 Å². The summed E-state index contributed by atoms with van der Waals surface area (Å²) in [5.74, 6) is 0.184. The number of benzene rings is 2. The number of rotatable bonds is 7. The van der Waals surface area contributed by atoms with Crippen LogP contribution < -0.4 is 19.6 Å². The van der Waals surface area contributed by atoms with Gasteiger partial charge in [0.2, 0.25) is 0 Å². The fourth-order valence-electron chi connectivity index (χ4n) is 4.85. The van der Waals surface area contributed by atoms with Crippen LogP contribution in [0.3, 0.4) is 0 Å². The molecular weight excluding hydrogens is 556 g/mol. The molecule has 206 valence electrons. The number of fused-ring (bicyclic) bond motifs is 1. The van der Waals surface area contributed by atoms with E-state index in [0.717, 1.165) is 27.4 Å². The van der Waals surface area contributed by atoms with Gasteiger partial charge in [0.15, 0.2) is 4.80 Å². The molecule has 41 heavy (non-hydrogen) atoms. The van der Waals surface area contributed by atoms with Crippen LogP contribution in [-0.2, 0) is 9.53 Å². The van der Waals surface area contributed by atoms with Gasteiger partial charge in [-0.2, -0.15) is 5.10 Å². The van der Waals surface area contributed by atoms with E-state index in [-0.39, 0.29) is 12.2 Å². The minimum Gasteiger partial charge on any atom is -0.497 e. The Morgan fingerprint density at radius 2 is 1.85 bits per heavy atom. The fourth-order valence-corrected chi connectivity index (χ4v) is 6.61. The van der Waals surface area contributed by atoms with E-state index in [9.17, 15) is 9.59 Å². The molecule has 2 aromatic carbocycles. The summed E-state index contributed by atoms with van der Waals surface area (Å²) < 4.78 is 14.6. The Morgan fingerprint density at radius 1 is 1.07 bits per heavy atom. The van der Waals surface area contributed by atoms with Crippen LogP contribution >= 0.6 is 22.7 Å². The van der Waals surface area contributed by atoms with Gasteiger partial charge in [-0.15, -0.1) is 11.3 Å². The van der Waals surface area contributed by atoms with Crippen LogP contribution in [0.1, 0.15) is 31.0 Å². The highest BCUT2D eigenvalue weighted by molar-refractivity contribution is 7.13. The average Bonchev–Trinajstić information content (AvgIpc) is 3.73. The van der Waals surface area contributed by atoms with Gasteiger partial charge in [-0.25, -0.2) is 14.5 Å². The zero-order valence-corrected chi connectivity index (χ0v) is 24.2. The van der Waals surface area contributed by atoms with Crippen molar-refractivity contribution in [3.63, 3.8) is 0 Å². The highest BCUT2D eigenvalue weighted by atomic mass is 32.1. The third kappa shape index (κ3) is 4.96. The van der Waals surface area contributed by atoms with E-state index in [2.05, 4.69) is 4.99 Å². The number of hydrogen-bond acceptors (Lipinski definition) is 8. The Balaban J connectivity index is 1.54. The van der Waals surface area contributed by atoms with Crippen LogP contribution in [0, 0.1) is 0 Å². The molecule has 1 unspecified atom stereocenters. The summed E-state index contributed by atoms with van der Waals surface area (Å²) in [6.07, 6.45) is 3.79. The van der Waals surface area contributed by atoms with Gasteiger partial charge in [0.25, 0.3) is 5.56 Å². The van der Waals surface area contributed by atoms with Gasteiger partial charge in [-0.3, -0.25) is 9.36 Å². The van der Waals surface area contributed by atoms with E-state index in [0.29, 0.717) is 26.4 Å². The summed E-state index contributed by atoms with van der Waals surface area (Å²) in [5.41, 5.74) is 3.88. The van der Waals surface area contributed by atoms with Crippen LogP contribution in [-0.4, -0.2) is 34.0 Å². The number of aromatic nitrogens is 3. The minimum absolute atomic E-state index is 0.215. The number of para-hydroxylation sites is 1. The standard InChI is InChI=1S/C31H26N4O4S2/c1-4-39-30(37)26-19(2)32-31-35(28(26)20-12-14-23(38-3)15-13-20)29(36)25(41-31)17-21-18-34(22-9-6-5-7-10-22)33-27(21)24-11-8-16-40-24/h5-18,28H,4H2,1-3H3/b25-17+. The molecule has 1 aliphatic heterocycles. The van der Waals surface area contributed by atoms with Crippen LogP contribution in [0.5, 0.6) is 5.75 Å². The smallest absolute Gasteiger partial charge is 0.338 e. The second kappa shape index (κ2) is 11.1. The van der Waals surface area contributed by atoms with Gasteiger partial charge in [0.1, 0.15) is 11.4 Å². The molecule has 10 heteroatoms. The molecule has 0 N–H and O–H groups in total. The highest BCUT2D eigenvalue weighted by Gasteiger charge is 2.33. The predicted molar refractivity (Wildman–Crippen MR) is 160 cm³/mol.